The van der Waals surface area contributed by atoms with E-state index in [2.05, 4.69) is 24.7 Å². The second-order valence-corrected chi connectivity index (χ2v) is 11.3. The fraction of sp³-hybridized carbons (Fsp3) is 0.600. The van der Waals surface area contributed by atoms with Crippen molar-refractivity contribution in [3.8, 4) is 0 Å². The monoisotopic (exact) mass is 486 g/mol. The summed E-state index contributed by atoms with van der Waals surface area (Å²) in [4.78, 5) is 2.91. The second-order valence-electron chi connectivity index (χ2n) is 8.91. The van der Waals surface area contributed by atoms with Gasteiger partial charge in [-0.1, -0.05) is 6.42 Å². The maximum Gasteiger partial charge on any atom is 0.266 e. The minimum Gasteiger partial charge on any atom is -0.382 e. The third-order valence-corrected chi connectivity index (χ3v) is 8.89. The minimum atomic E-state index is -4.33. The SMILES string of the molecule is C[C@@H](N)C(CNc1cc(F)c(S(=O)(=O)Nc2ncns2)cc1F)CC1CCCC12CNC2. The molecule has 8 nitrogen and oxygen atoms in total. The van der Waals surface area contributed by atoms with E-state index in [9.17, 15) is 17.2 Å². The maximum atomic E-state index is 14.7. The molecule has 2 aromatic rings. The van der Waals surface area contributed by atoms with Crippen LogP contribution < -0.4 is 21.1 Å². The average molecular weight is 487 g/mol. The van der Waals surface area contributed by atoms with E-state index in [1.54, 1.807) is 0 Å². The Morgan fingerprint density at radius 2 is 2.12 bits per heavy atom. The number of hydrogen-bond donors (Lipinski definition) is 4. The van der Waals surface area contributed by atoms with Crippen LogP contribution in [0, 0.1) is 28.9 Å². The van der Waals surface area contributed by atoms with E-state index in [1.165, 1.54) is 19.3 Å². The molecule has 0 amide bonds. The lowest BCUT2D eigenvalue weighted by Crippen LogP contribution is -2.56. The van der Waals surface area contributed by atoms with Gasteiger partial charge in [0.25, 0.3) is 10.0 Å². The molecule has 1 aliphatic heterocycles. The molecular formula is C20H28F2N6O2S2. The summed E-state index contributed by atoms with van der Waals surface area (Å²) in [7, 11) is -4.33. The molecule has 32 heavy (non-hydrogen) atoms. The molecule has 5 N–H and O–H groups in total. The number of hydrogen-bond acceptors (Lipinski definition) is 8. The van der Waals surface area contributed by atoms with E-state index in [0.717, 1.165) is 43.4 Å². The molecular weight excluding hydrogens is 458 g/mol. The number of benzene rings is 1. The van der Waals surface area contributed by atoms with Crippen LogP contribution in [0.1, 0.15) is 32.6 Å². The maximum absolute atomic E-state index is 14.7. The summed E-state index contributed by atoms with van der Waals surface area (Å²) in [5, 5.41) is 6.30. The first-order valence-electron chi connectivity index (χ1n) is 10.7. The minimum absolute atomic E-state index is 0.0295. The Hall–Kier alpha value is -1.89. The summed E-state index contributed by atoms with van der Waals surface area (Å²) in [6, 6.07) is 1.43. The fourth-order valence-electron chi connectivity index (χ4n) is 4.84. The van der Waals surface area contributed by atoms with Gasteiger partial charge in [0.1, 0.15) is 22.9 Å². The predicted octanol–water partition coefficient (Wildman–Crippen LogP) is 2.77. The lowest BCUT2D eigenvalue weighted by molar-refractivity contribution is 0.0895. The highest BCUT2D eigenvalue weighted by Gasteiger charge is 2.47. The second kappa shape index (κ2) is 9.16. The van der Waals surface area contributed by atoms with Gasteiger partial charge in [0.2, 0.25) is 5.13 Å². The number of nitrogens with one attached hydrogen (secondary N) is 3. The topological polar surface area (TPSA) is 122 Å². The van der Waals surface area contributed by atoms with Crippen molar-refractivity contribution in [3.63, 3.8) is 0 Å². The number of sulfonamides is 1. The zero-order valence-corrected chi connectivity index (χ0v) is 19.4. The molecule has 12 heteroatoms. The molecule has 2 unspecified atom stereocenters. The number of nitrogens with zero attached hydrogens (tertiary/aromatic N) is 2. The normalized spacial score (nSPS) is 21.8. The fourth-order valence-corrected chi connectivity index (χ4v) is 6.57. The van der Waals surface area contributed by atoms with Gasteiger partial charge in [0.15, 0.2) is 0 Å². The predicted molar refractivity (Wildman–Crippen MR) is 120 cm³/mol. The van der Waals surface area contributed by atoms with Crippen LogP contribution in [0.15, 0.2) is 23.4 Å². The molecule has 1 aromatic carbocycles. The lowest BCUT2D eigenvalue weighted by atomic mass is 9.69. The van der Waals surface area contributed by atoms with Crippen LogP contribution in [-0.4, -0.2) is 43.5 Å². The number of aromatic nitrogens is 2. The molecule has 2 heterocycles. The van der Waals surface area contributed by atoms with Gasteiger partial charge < -0.3 is 16.4 Å². The molecule has 1 aliphatic carbocycles. The summed E-state index contributed by atoms with van der Waals surface area (Å²) < 4.78 is 59.9. The molecule has 1 saturated heterocycles. The van der Waals surface area contributed by atoms with Crippen LogP contribution >= 0.6 is 11.5 Å². The Kier molecular flexibility index (Phi) is 6.66. The molecule has 1 spiro atoms. The Labute approximate surface area is 190 Å². The smallest absolute Gasteiger partial charge is 0.266 e. The molecule has 1 aromatic heterocycles. The van der Waals surface area contributed by atoms with E-state index < -0.39 is 26.6 Å². The largest absolute Gasteiger partial charge is 0.382 e. The van der Waals surface area contributed by atoms with Crippen LogP contribution in [0.3, 0.4) is 0 Å². The third-order valence-electron chi connectivity index (χ3n) is 6.83. The summed E-state index contributed by atoms with van der Waals surface area (Å²) in [5.41, 5.74) is 6.49. The van der Waals surface area contributed by atoms with Crippen molar-refractivity contribution in [2.75, 3.05) is 29.7 Å². The van der Waals surface area contributed by atoms with Crippen LogP contribution in [0.2, 0.25) is 0 Å². The molecule has 176 valence electrons. The van der Waals surface area contributed by atoms with E-state index >= 15 is 0 Å². The van der Waals surface area contributed by atoms with Crippen LogP contribution in [0.4, 0.5) is 19.6 Å². The van der Waals surface area contributed by atoms with E-state index in [0.29, 0.717) is 23.9 Å². The zero-order valence-electron chi connectivity index (χ0n) is 17.8. The summed E-state index contributed by atoms with van der Waals surface area (Å²) in [6.07, 6.45) is 5.70. The van der Waals surface area contributed by atoms with Crippen molar-refractivity contribution in [2.24, 2.45) is 23.0 Å². The summed E-state index contributed by atoms with van der Waals surface area (Å²) in [5.74, 6) is -1.26. The molecule has 0 bridgehead atoms. The van der Waals surface area contributed by atoms with Gasteiger partial charge in [0.05, 0.1) is 5.69 Å². The summed E-state index contributed by atoms with van der Waals surface area (Å²) in [6.45, 7) is 4.39. The highest BCUT2D eigenvalue weighted by atomic mass is 32.2. The Morgan fingerprint density at radius 3 is 2.75 bits per heavy atom. The van der Waals surface area contributed by atoms with Gasteiger partial charge >= 0.3 is 0 Å². The van der Waals surface area contributed by atoms with Gasteiger partial charge in [-0.15, -0.1) is 0 Å². The molecule has 4 rings (SSSR count). The van der Waals surface area contributed by atoms with Crippen molar-refractivity contribution in [1.29, 1.82) is 0 Å². The highest BCUT2D eigenvalue weighted by Crippen LogP contribution is 2.49. The van der Waals surface area contributed by atoms with Crippen LogP contribution in [0.25, 0.3) is 0 Å². The quantitative estimate of drug-likeness (QED) is 0.430. The number of nitrogens with two attached hydrogens (primary N) is 1. The van der Waals surface area contributed by atoms with E-state index in [4.69, 9.17) is 5.73 Å². The van der Waals surface area contributed by atoms with Crippen molar-refractivity contribution < 1.29 is 17.2 Å². The lowest BCUT2D eigenvalue weighted by Gasteiger charge is -2.46. The van der Waals surface area contributed by atoms with Gasteiger partial charge in [-0.3, -0.25) is 4.72 Å². The zero-order chi connectivity index (χ0) is 22.9. The van der Waals surface area contributed by atoms with Crippen molar-refractivity contribution >= 4 is 32.4 Å². The summed E-state index contributed by atoms with van der Waals surface area (Å²) >= 11 is 0.794. The number of rotatable bonds is 9. The third kappa shape index (κ3) is 4.73. The van der Waals surface area contributed by atoms with Gasteiger partial charge in [0, 0.05) is 43.3 Å². The first-order valence-corrected chi connectivity index (χ1v) is 12.9. The molecule has 2 aliphatic rings. The molecule has 2 fully saturated rings. The van der Waals surface area contributed by atoms with Crippen molar-refractivity contribution in [1.82, 2.24) is 14.7 Å². The van der Waals surface area contributed by atoms with Crippen LogP contribution in [-0.2, 0) is 10.0 Å². The average Bonchev–Trinajstić information content (AvgIpc) is 3.35. The molecule has 0 radical (unpaired) electrons. The Morgan fingerprint density at radius 1 is 1.34 bits per heavy atom. The Bertz CT molecular complexity index is 1040. The number of anilines is 2. The molecule has 1 saturated carbocycles. The van der Waals surface area contributed by atoms with Crippen LogP contribution in [0.5, 0.6) is 0 Å². The van der Waals surface area contributed by atoms with Gasteiger partial charge in [-0.05, 0) is 49.5 Å². The van der Waals surface area contributed by atoms with E-state index in [-0.39, 0.29) is 22.8 Å². The van der Waals surface area contributed by atoms with E-state index in [1.807, 2.05) is 6.92 Å². The van der Waals surface area contributed by atoms with Crippen molar-refractivity contribution in [3.05, 3.63) is 30.1 Å². The first kappa shape index (κ1) is 23.3. The molecule has 3 atom stereocenters. The highest BCUT2D eigenvalue weighted by molar-refractivity contribution is 7.93. The van der Waals surface area contributed by atoms with Crippen molar-refractivity contribution in [2.45, 2.75) is 43.5 Å². The number of halogens is 2. The van der Waals surface area contributed by atoms with Gasteiger partial charge in [-0.25, -0.2) is 22.2 Å². The standard InChI is InChI=1S/C20H28F2N6O2S2/c1-12(23)13(5-14-3-2-4-20(14)9-24-10-20)8-25-17-6-16(22)18(7-15(17)21)32(29,30)28-19-26-11-27-31-19/h6-7,11-14,24-25H,2-5,8-10,23H2,1H3,(H,26,27,28)/t12-,13?,14?/m1/s1. The first-order chi connectivity index (χ1) is 15.2. The van der Waals surface area contributed by atoms with Gasteiger partial charge in [-0.2, -0.15) is 4.37 Å². The Balaban J connectivity index is 1.45.